The van der Waals surface area contributed by atoms with Crippen molar-refractivity contribution < 1.29 is 4.79 Å². The third-order valence-electron chi connectivity index (χ3n) is 4.36. The fraction of sp³-hybridized carbons (Fsp3) is 0.412. The number of aromatic nitrogens is 1. The van der Waals surface area contributed by atoms with Crippen LogP contribution in [0.1, 0.15) is 23.2 Å². The second-order valence-corrected chi connectivity index (χ2v) is 6.88. The lowest BCUT2D eigenvalue weighted by Gasteiger charge is -2.33. The summed E-state index contributed by atoms with van der Waals surface area (Å²) in [5, 5.41) is 3.96. The first-order valence-electron chi connectivity index (χ1n) is 7.85. The Morgan fingerprint density at radius 3 is 3.09 bits per heavy atom. The number of rotatable bonds is 3. The Hall–Kier alpha value is -1.66. The van der Waals surface area contributed by atoms with E-state index in [2.05, 4.69) is 26.2 Å². The number of nitrogens with zero attached hydrogens (tertiary/aromatic N) is 1. The number of carbonyl (C=O) groups is 1. The first kappa shape index (κ1) is 16.2. The summed E-state index contributed by atoms with van der Waals surface area (Å²) in [5.74, 6) is 0.415. The zero-order valence-electron chi connectivity index (χ0n) is 13.1. The molecule has 0 aliphatic carbocycles. The average molecular weight is 378 g/mol. The molecule has 23 heavy (non-hydrogen) atoms. The molecule has 1 atom stereocenters. The number of likely N-dealkylation sites (tertiary alicyclic amines) is 1. The van der Waals surface area contributed by atoms with Gasteiger partial charge in [0.15, 0.2) is 0 Å². The van der Waals surface area contributed by atoms with E-state index >= 15 is 0 Å². The normalized spacial score (nSPS) is 18.3. The van der Waals surface area contributed by atoms with Gasteiger partial charge in [-0.2, -0.15) is 0 Å². The zero-order valence-corrected chi connectivity index (χ0v) is 14.6. The van der Waals surface area contributed by atoms with Crippen LogP contribution < -0.4 is 10.9 Å². The number of halogens is 1. The summed E-state index contributed by atoms with van der Waals surface area (Å²) in [6.07, 6.45) is 2.13. The van der Waals surface area contributed by atoms with Crippen LogP contribution in [0.3, 0.4) is 0 Å². The number of hydrogen-bond donors (Lipinski definition) is 2. The van der Waals surface area contributed by atoms with Crippen LogP contribution in [-0.2, 0) is 0 Å². The van der Waals surface area contributed by atoms with E-state index in [0.717, 1.165) is 42.3 Å². The summed E-state index contributed by atoms with van der Waals surface area (Å²) < 4.78 is 0.786. The third kappa shape index (κ3) is 3.33. The molecule has 122 valence electrons. The first-order chi connectivity index (χ1) is 11.1. The van der Waals surface area contributed by atoms with E-state index in [9.17, 15) is 9.59 Å². The maximum absolute atomic E-state index is 13.0. The van der Waals surface area contributed by atoms with E-state index in [-0.39, 0.29) is 11.5 Å². The highest BCUT2D eigenvalue weighted by Crippen LogP contribution is 2.25. The van der Waals surface area contributed by atoms with Gasteiger partial charge in [-0.25, -0.2) is 0 Å². The van der Waals surface area contributed by atoms with Crippen molar-refractivity contribution in [1.29, 1.82) is 0 Å². The van der Waals surface area contributed by atoms with Gasteiger partial charge < -0.3 is 15.2 Å². The molecule has 6 heteroatoms. The largest absolute Gasteiger partial charge is 0.338 e. The molecule has 1 aromatic carbocycles. The van der Waals surface area contributed by atoms with Crippen LogP contribution in [0.15, 0.2) is 33.5 Å². The number of nitrogens with one attached hydrogen (secondary N) is 2. The lowest BCUT2D eigenvalue weighted by Crippen LogP contribution is -2.42. The highest BCUT2D eigenvalue weighted by molar-refractivity contribution is 9.10. The number of amides is 1. The highest BCUT2D eigenvalue weighted by atomic mass is 79.9. The Bertz CT molecular complexity index is 785. The average Bonchev–Trinajstić information content (AvgIpc) is 2.55. The number of fused-ring (bicyclic) bond motifs is 1. The maximum Gasteiger partial charge on any atom is 0.254 e. The molecule has 1 fully saturated rings. The topological polar surface area (TPSA) is 65.2 Å². The van der Waals surface area contributed by atoms with E-state index in [1.807, 2.05) is 30.1 Å². The van der Waals surface area contributed by atoms with Crippen molar-refractivity contribution in [2.45, 2.75) is 12.8 Å². The highest BCUT2D eigenvalue weighted by Gasteiger charge is 2.25. The number of pyridine rings is 1. The van der Waals surface area contributed by atoms with Crippen LogP contribution in [0, 0.1) is 5.92 Å². The molecular formula is C17H20BrN3O2. The molecule has 1 saturated heterocycles. The van der Waals surface area contributed by atoms with Gasteiger partial charge in [0.05, 0.1) is 11.1 Å². The maximum atomic E-state index is 13.0. The standard InChI is InChI=1S/C17H20BrN3O2/c1-19-9-11-4-3-7-21(10-11)17(23)13-8-15(22)20-16-12(13)5-2-6-14(16)18/h2,5-6,8,11,19H,3-4,7,9-10H2,1H3,(H,20,22). The van der Waals surface area contributed by atoms with Crippen LogP contribution >= 0.6 is 15.9 Å². The molecule has 1 aliphatic rings. The molecule has 0 spiro atoms. The molecule has 0 radical (unpaired) electrons. The molecule has 1 aliphatic heterocycles. The number of benzene rings is 1. The number of piperidine rings is 1. The molecule has 3 rings (SSSR count). The lowest BCUT2D eigenvalue weighted by atomic mass is 9.97. The van der Waals surface area contributed by atoms with Crippen LogP contribution in [0.5, 0.6) is 0 Å². The quantitative estimate of drug-likeness (QED) is 0.862. The van der Waals surface area contributed by atoms with E-state index in [0.29, 0.717) is 17.0 Å². The molecule has 2 heterocycles. The minimum Gasteiger partial charge on any atom is -0.338 e. The molecule has 1 unspecified atom stereocenters. The van der Waals surface area contributed by atoms with E-state index < -0.39 is 0 Å². The summed E-state index contributed by atoms with van der Waals surface area (Å²) in [6.45, 7) is 2.40. The lowest BCUT2D eigenvalue weighted by molar-refractivity contribution is 0.0676. The van der Waals surface area contributed by atoms with E-state index in [4.69, 9.17) is 0 Å². The Morgan fingerprint density at radius 2 is 2.30 bits per heavy atom. The smallest absolute Gasteiger partial charge is 0.254 e. The molecule has 0 bridgehead atoms. The van der Waals surface area contributed by atoms with Gasteiger partial charge in [-0.05, 0) is 54.3 Å². The summed E-state index contributed by atoms with van der Waals surface area (Å²) in [4.78, 5) is 29.6. The predicted molar refractivity (Wildman–Crippen MR) is 94.8 cm³/mol. The van der Waals surface area contributed by atoms with Gasteiger partial charge in [0, 0.05) is 29.0 Å². The molecule has 1 aromatic heterocycles. The van der Waals surface area contributed by atoms with Gasteiger partial charge in [0.25, 0.3) is 5.91 Å². The first-order valence-corrected chi connectivity index (χ1v) is 8.65. The number of carbonyl (C=O) groups excluding carboxylic acids is 1. The van der Waals surface area contributed by atoms with Crippen molar-refractivity contribution in [2.24, 2.45) is 5.92 Å². The number of aromatic amines is 1. The summed E-state index contributed by atoms with van der Waals surface area (Å²) in [6, 6.07) is 7.02. The van der Waals surface area contributed by atoms with Crippen LogP contribution in [0.25, 0.3) is 10.9 Å². The van der Waals surface area contributed by atoms with Crippen LogP contribution in [0.4, 0.5) is 0 Å². The molecule has 2 N–H and O–H groups in total. The van der Waals surface area contributed by atoms with Gasteiger partial charge in [-0.3, -0.25) is 9.59 Å². The van der Waals surface area contributed by atoms with Gasteiger partial charge in [0.1, 0.15) is 0 Å². The Kier molecular flexibility index (Phi) is 4.82. The Labute approximate surface area is 143 Å². The molecule has 1 amide bonds. The minimum absolute atomic E-state index is 0.0556. The Morgan fingerprint density at radius 1 is 1.48 bits per heavy atom. The van der Waals surface area contributed by atoms with Gasteiger partial charge in [-0.1, -0.05) is 12.1 Å². The summed E-state index contributed by atoms with van der Waals surface area (Å²) in [7, 11) is 1.93. The van der Waals surface area contributed by atoms with Gasteiger partial charge in [0.2, 0.25) is 5.56 Å². The molecule has 2 aromatic rings. The minimum atomic E-state index is -0.253. The van der Waals surface area contributed by atoms with Crippen molar-refractivity contribution in [3.63, 3.8) is 0 Å². The monoisotopic (exact) mass is 377 g/mol. The van der Waals surface area contributed by atoms with Gasteiger partial charge >= 0.3 is 0 Å². The Balaban J connectivity index is 1.98. The summed E-state index contributed by atoms with van der Waals surface area (Å²) >= 11 is 3.44. The fourth-order valence-electron chi connectivity index (χ4n) is 3.30. The van der Waals surface area contributed by atoms with Gasteiger partial charge in [-0.15, -0.1) is 0 Å². The van der Waals surface area contributed by atoms with Crippen molar-refractivity contribution in [2.75, 3.05) is 26.7 Å². The SMILES string of the molecule is CNCC1CCCN(C(=O)c2cc(=O)[nH]c3c(Br)cccc23)C1. The van der Waals surface area contributed by atoms with Crippen LogP contribution in [0.2, 0.25) is 0 Å². The van der Waals surface area contributed by atoms with E-state index in [1.165, 1.54) is 6.07 Å². The number of para-hydroxylation sites is 1. The van der Waals surface area contributed by atoms with Crippen molar-refractivity contribution in [1.82, 2.24) is 15.2 Å². The second kappa shape index (κ2) is 6.84. The molecular weight excluding hydrogens is 358 g/mol. The fourth-order valence-corrected chi connectivity index (χ4v) is 3.76. The zero-order chi connectivity index (χ0) is 16.4. The van der Waals surface area contributed by atoms with E-state index in [1.54, 1.807) is 0 Å². The molecule has 5 nitrogen and oxygen atoms in total. The summed E-state index contributed by atoms with van der Waals surface area (Å²) in [5.41, 5.74) is 0.902. The second-order valence-electron chi connectivity index (χ2n) is 6.03. The predicted octanol–water partition coefficient (Wildman–Crippen LogP) is 2.36. The molecule has 0 saturated carbocycles. The van der Waals surface area contributed by atoms with Crippen molar-refractivity contribution >= 4 is 32.7 Å². The van der Waals surface area contributed by atoms with Crippen molar-refractivity contribution in [3.8, 4) is 0 Å². The number of hydrogen-bond acceptors (Lipinski definition) is 3. The van der Waals surface area contributed by atoms with Crippen molar-refractivity contribution in [3.05, 3.63) is 44.7 Å². The van der Waals surface area contributed by atoms with Crippen LogP contribution in [-0.4, -0.2) is 42.5 Å². The third-order valence-corrected chi connectivity index (χ3v) is 5.02. The number of H-pyrrole nitrogens is 1.